The molecule has 0 aliphatic carbocycles. The summed E-state index contributed by atoms with van der Waals surface area (Å²) in [6, 6.07) is 16.7. The zero-order chi connectivity index (χ0) is 21.3. The summed E-state index contributed by atoms with van der Waals surface area (Å²) in [6.07, 6.45) is 0. The highest BCUT2D eigenvalue weighted by Gasteiger charge is 2.28. The summed E-state index contributed by atoms with van der Waals surface area (Å²) in [6.45, 7) is 1.19. The van der Waals surface area contributed by atoms with Gasteiger partial charge in [0, 0.05) is 32.1 Å². The van der Waals surface area contributed by atoms with Crippen LogP contribution in [0.5, 0.6) is 0 Å². The van der Waals surface area contributed by atoms with E-state index >= 15 is 0 Å². The van der Waals surface area contributed by atoms with Gasteiger partial charge in [-0.15, -0.1) is 11.3 Å². The Hall–Kier alpha value is -3.70. The first-order chi connectivity index (χ1) is 14.5. The predicted molar refractivity (Wildman–Crippen MR) is 117 cm³/mol. The van der Waals surface area contributed by atoms with Crippen LogP contribution in [-0.2, 0) is 0 Å². The number of fused-ring (bicyclic) bond motifs is 1. The second-order valence-corrected chi connectivity index (χ2v) is 7.93. The van der Waals surface area contributed by atoms with Crippen molar-refractivity contribution < 1.29 is 9.59 Å². The van der Waals surface area contributed by atoms with E-state index in [2.05, 4.69) is 21.3 Å². The summed E-state index contributed by atoms with van der Waals surface area (Å²) >= 11 is 1.42. The average Bonchev–Trinajstić information content (AvgIpc) is 3.27. The average molecular weight is 417 g/mol. The minimum Gasteiger partial charge on any atom is -0.371 e. The van der Waals surface area contributed by atoms with E-state index in [4.69, 9.17) is 5.26 Å². The van der Waals surface area contributed by atoms with Gasteiger partial charge in [-0.3, -0.25) is 9.59 Å². The van der Waals surface area contributed by atoms with Crippen LogP contribution in [-0.4, -0.2) is 44.0 Å². The lowest BCUT2D eigenvalue weighted by molar-refractivity contribution is 0.0957. The fourth-order valence-corrected chi connectivity index (χ4v) is 4.22. The molecule has 1 aliphatic heterocycles. The standard InChI is InChI=1S/C22H19N5O2S/c1-24-21(28)16-4-3-5-17(25-16)22(29)27-11-10-26(2)18-8-6-14(12-19(18)27)20-9-7-15(13-23)30-20/h3-9,12H,10-11H2,1-2H3,(H,24,28). The van der Waals surface area contributed by atoms with E-state index in [0.717, 1.165) is 21.8 Å². The number of carbonyl (C=O) groups is 2. The predicted octanol–water partition coefficient (Wildman–Crippen LogP) is 3.14. The van der Waals surface area contributed by atoms with E-state index in [0.29, 0.717) is 18.0 Å². The summed E-state index contributed by atoms with van der Waals surface area (Å²) in [5.74, 6) is -0.590. The Labute approximate surface area is 178 Å². The van der Waals surface area contributed by atoms with E-state index < -0.39 is 0 Å². The molecule has 1 N–H and O–H groups in total. The fourth-order valence-electron chi connectivity index (χ4n) is 3.42. The second-order valence-electron chi connectivity index (χ2n) is 6.84. The van der Waals surface area contributed by atoms with Gasteiger partial charge in [0.15, 0.2) is 0 Å². The molecule has 0 atom stereocenters. The fraction of sp³-hybridized carbons (Fsp3) is 0.182. The zero-order valence-electron chi connectivity index (χ0n) is 16.5. The van der Waals surface area contributed by atoms with Crippen molar-refractivity contribution in [2.75, 3.05) is 37.0 Å². The van der Waals surface area contributed by atoms with E-state index in [1.54, 1.807) is 29.2 Å². The van der Waals surface area contributed by atoms with Crippen molar-refractivity contribution in [1.82, 2.24) is 10.3 Å². The van der Waals surface area contributed by atoms with E-state index in [1.165, 1.54) is 18.4 Å². The number of aromatic nitrogens is 1. The zero-order valence-corrected chi connectivity index (χ0v) is 17.4. The Bertz CT molecular complexity index is 1180. The lowest BCUT2D eigenvalue weighted by Gasteiger charge is -2.35. The van der Waals surface area contributed by atoms with Crippen LogP contribution in [0.25, 0.3) is 10.4 Å². The van der Waals surface area contributed by atoms with Crippen molar-refractivity contribution in [2.24, 2.45) is 0 Å². The van der Waals surface area contributed by atoms with Gasteiger partial charge in [-0.05, 0) is 42.0 Å². The van der Waals surface area contributed by atoms with E-state index in [-0.39, 0.29) is 23.2 Å². The maximum absolute atomic E-state index is 13.3. The quantitative estimate of drug-likeness (QED) is 0.707. The maximum Gasteiger partial charge on any atom is 0.277 e. The third-order valence-electron chi connectivity index (χ3n) is 5.01. The lowest BCUT2D eigenvalue weighted by atomic mass is 10.1. The molecule has 7 nitrogen and oxygen atoms in total. The number of likely N-dealkylation sites (N-methyl/N-ethyl adjacent to an activating group) is 1. The van der Waals surface area contributed by atoms with Crippen LogP contribution in [0, 0.1) is 11.3 Å². The van der Waals surface area contributed by atoms with Crippen molar-refractivity contribution in [1.29, 1.82) is 5.26 Å². The Balaban J connectivity index is 1.74. The SMILES string of the molecule is CNC(=O)c1cccc(C(=O)N2CCN(C)c3ccc(-c4ccc(C#N)s4)cc32)n1. The van der Waals surface area contributed by atoms with Crippen LogP contribution in [0.3, 0.4) is 0 Å². The van der Waals surface area contributed by atoms with Gasteiger partial charge in [0.25, 0.3) is 11.8 Å². The number of nitriles is 1. The third-order valence-corrected chi connectivity index (χ3v) is 6.05. The number of hydrogen-bond donors (Lipinski definition) is 1. The number of nitrogens with zero attached hydrogens (tertiary/aromatic N) is 4. The lowest BCUT2D eigenvalue weighted by Crippen LogP contribution is -2.43. The number of pyridine rings is 1. The van der Waals surface area contributed by atoms with Gasteiger partial charge in [-0.1, -0.05) is 12.1 Å². The number of carbonyl (C=O) groups excluding carboxylic acids is 2. The number of rotatable bonds is 3. The highest BCUT2D eigenvalue weighted by Crippen LogP contribution is 2.38. The summed E-state index contributed by atoms with van der Waals surface area (Å²) in [7, 11) is 3.52. The molecule has 4 rings (SSSR count). The first-order valence-electron chi connectivity index (χ1n) is 9.38. The van der Waals surface area contributed by atoms with Crippen LogP contribution >= 0.6 is 11.3 Å². The molecule has 1 aliphatic rings. The van der Waals surface area contributed by atoms with E-state index in [9.17, 15) is 9.59 Å². The number of amides is 2. The minimum absolute atomic E-state index is 0.203. The summed E-state index contributed by atoms with van der Waals surface area (Å²) in [5, 5.41) is 11.6. The molecule has 8 heteroatoms. The molecule has 0 radical (unpaired) electrons. The molecule has 0 spiro atoms. The highest BCUT2D eigenvalue weighted by atomic mass is 32.1. The third kappa shape index (κ3) is 3.51. The molecular weight excluding hydrogens is 398 g/mol. The van der Waals surface area contributed by atoms with Gasteiger partial charge < -0.3 is 15.1 Å². The number of hydrogen-bond acceptors (Lipinski definition) is 6. The number of nitrogens with one attached hydrogen (secondary N) is 1. The van der Waals surface area contributed by atoms with Gasteiger partial charge in [0.1, 0.15) is 22.3 Å². The molecule has 150 valence electrons. The van der Waals surface area contributed by atoms with Gasteiger partial charge in [-0.25, -0.2) is 4.98 Å². The second kappa shape index (κ2) is 7.97. The van der Waals surface area contributed by atoms with Crippen LogP contribution in [0.15, 0.2) is 48.5 Å². The molecule has 2 amide bonds. The Morgan fingerprint density at radius 3 is 2.63 bits per heavy atom. The van der Waals surface area contributed by atoms with Crippen molar-refractivity contribution in [3.63, 3.8) is 0 Å². The molecular formula is C22H19N5O2S. The molecule has 2 aromatic heterocycles. The van der Waals surface area contributed by atoms with Crippen molar-refractivity contribution in [2.45, 2.75) is 0 Å². The molecule has 0 bridgehead atoms. The molecule has 3 heterocycles. The molecule has 0 unspecified atom stereocenters. The number of anilines is 2. The van der Waals surface area contributed by atoms with Crippen LogP contribution in [0.1, 0.15) is 25.9 Å². The Kier molecular flexibility index (Phi) is 5.21. The molecule has 0 fully saturated rings. The van der Waals surface area contributed by atoms with Gasteiger partial charge in [-0.2, -0.15) is 5.26 Å². The van der Waals surface area contributed by atoms with Gasteiger partial charge >= 0.3 is 0 Å². The highest BCUT2D eigenvalue weighted by molar-refractivity contribution is 7.16. The smallest absolute Gasteiger partial charge is 0.277 e. The van der Waals surface area contributed by atoms with Crippen molar-refractivity contribution in [3.8, 4) is 16.5 Å². The normalized spacial score (nSPS) is 12.8. The van der Waals surface area contributed by atoms with Crippen LogP contribution in [0.2, 0.25) is 0 Å². The largest absolute Gasteiger partial charge is 0.371 e. The topological polar surface area (TPSA) is 89.3 Å². The van der Waals surface area contributed by atoms with Gasteiger partial charge in [0.2, 0.25) is 0 Å². The van der Waals surface area contributed by atoms with Crippen molar-refractivity contribution in [3.05, 3.63) is 64.8 Å². The first-order valence-corrected chi connectivity index (χ1v) is 10.2. The summed E-state index contributed by atoms with van der Waals surface area (Å²) < 4.78 is 0. The molecule has 0 saturated heterocycles. The Morgan fingerprint density at radius 2 is 1.90 bits per heavy atom. The summed E-state index contributed by atoms with van der Waals surface area (Å²) in [4.78, 5) is 34.9. The number of thiophene rings is 1. The van der Waals surface area contributed by atoms with Crippen LogP contribution < -0.4 is 15.1 Å². The Morgan fingerprint density at radius 1 is 1.10 bits per heavy atom. The maximum atomic E-state index is 13.3. The van der Waals surface area contributed by atoms with Crippen molar-refractivity contribution >= 4 is 34.5 Å². The first kappa shape index (κ1) is 19.6. The minimum atomic E-state index is -0.336. The molecule has 0 saturated carbocycles. The van der Waals surface area contributed by atoms with Crippen LogP contribution in [0.4, 0.5) is 11.4 Å². The number of benzene rings is 1. The monoisotopic (exact) mass is 417 g/mol. The van der Waals surface area contributed by atoms with E-state index in [1.807, 2.05) is 31.3 Å². The molecule has 30 heavy (non-hydrogen) atoms. The molecule has 1 aromatic carbocycles. The van der Waals surface area contributed by atoms with Gasteiger partial charge in [0.05, 0.1) is 11.4 Å². The summed E-state index contributed by atoms with van der Waals surface area (Å²) in [5.41, 5.74) is 3.09. The molecule has 3 aromatic rings.